The minimum absolute atomic E-state index is 0.0674. The molecular formula is C8H4BrF5INO. The minimum atomic E-state index is -4.90. The summed E-state index contributed by atoms with van der Waals surface area (Å²) in [6, 6.07) is 0.940. The van der Waals surface area contributed by atoms with Gasteiger partial charge in [0.25, 0.3) is 6.43 Å². The minimum Gasteiger partial charge on any atom is -0.388 e. The molecule has 0 saturated carbocycles. The van der Waals surface area contributed by atoms with Crippen LogP contribution in [-0.2, 0) is 5.33 Å². The molecule has 0 aliphatic rings. The number of nitrogens with zero attached hydrogens (tertiary/aromatic N) is 1. The summed E-state index contributed by atoms with van der Waals surface area (Å²) < 4.78 is 64.5. The Morgan fingerprint density at radius 3 is 2.41 bits per heavy atom. The Hall–Kier alpha value is -0.190. The highest BCUT2D eigenvalue weighted by molar-refractivity contribution is 14.1. The van der Waals surface area contributed by atoms with Crippen LogP contribution in [-0.4, -0.2) is 11.3 Å². The third-order valence-corrected chi connectivity index (χ3v) is 3.10. The summed E-state index contributed by atoms with van der Waals surface area (Å²) in [4.78, 5) is 3.38. The average Bonchev–Trinajstić information content (AvgIpc) is 2.14. The van der Waals surface area contributed by atoms with Crippen LogP contribution in [0.1, 0.15) is 17.6 Å². The topological polar surface area (TPSA) is 22.1 Å². The lowest BCUT2D eigenvalue weighted by Crippen LogP contribution is -2.19. The van der Waals surface area contributed by atoms with Gasteiger partial charge in [-0.1, -0.05) is 15.9 Å². The predicted octanol–water partition coefficient (Wildman–Crippen LogP) is 4.42. The predicted molar refractivity (Wildman–Crippen MR) is 61.2 cm³/mol. The fourth-order valence-electron chi connectivity index (χ4n) is 0.981. The summed E-state index contributed by atoms with van der Waals surface area (Å²) >= 11 is 4.32. The lowest BCUT2D eigenvalue weighted by atomic mass is 10.2. The van der Waals surface area contributed by atoms with Crippen LogP contribution in [0.4, 0.5) is 22.0 Å². The van der Waals surface area contributed by atoms with Gasteiger partial charge >= 0.3 is 6.36 Å². The molecule has 1 rings (SSSR count). The number of rotatable bonds is 3. The smallest absolute Gasteiger partial charge is 0.388 e. The van der Waals surface area contributed by atoms with Gasteiger partial charge in [0.15, 0.2) is 0 Å². The van der Waals surface area contributed by atoms with E-state index in [1.807, 2.05) is 0 Å². The summed E-state index contributed by atoms with van der Waals surface area (Å²) in [6.45, 7) is 0. The van der Waals surface area contributed by atoms with E-state index in [9.17, 15) is 22.0 Å². The first-order valence-corrected chi connectivity index (χ1v) is 6.23. The van der Waals surface area contributed by atoms with Crippen LogP contribution >= 0.6 is 38.5 Å². The molecule has 2 nitrogen and oxygen atoms in total. The van der Waals surface area contributed by atoms with Crippen molar-refractivity contribution in [2.75, 3.05) is 0 Å². The highest BCUT2D eigenvalue weighted by Crippen LogP contribution is 2.32. The van der Waals surface area contributed by atoms with Gasteiger partial charge in [0.05, 0.1) is 5.56 Å². The van der Waals surface area contributed by atoms with Crippen LogP contribution in [0.15, 0.2) is 6.07 Å². The molecule has 0 saturated heterocycles. The van der Waals surface area contributed by atoms with E-state index in [1.54, 1.807) is 0 Å². The van der Waals surface area contributed by atoms with Crippen LogP contribution in [0.5, 0.6) is 5.88 Å². The van der Waals surface area contributed by atoms with Crippen molar-refractivity contribution in [1.29, 1.82) is 0 Å². The molecule has 1 aromatic heterocycles. The Balaban J connectivity index is 3.19. The number of alkyl halides is 6. The molecule has 96 valence electrons. The molecule has 0 aromatic carbocycles. The van der Waals surface area contributed by atoms with Crippen molar-refractivity contribution in [3.63, 3.8) is 0 Å². The van der Waals surface area contributed by atoms with E-state index >= 15 is 0 Å². The number of hydrogen-bond acceptors (Lipinski definition) is 2. The van der Waals surface area contributed by atoms with Crippen molar-refractivity contribution in [2.45, 2.75) is 18.1 Å². The monoisotopic (exact) mass is 431 g/mol. The van der Waals surface area contributed by atoms with Crippen molar-refractivity contribution in [2.24, 2.45) is 0 Å². The van der Waals surface area contributed by atoms with Crippen LogP contribution in [0.2, 0.25) is 0 Å². The average molecular weight is 432 g/mol. The van der Waals surface area contributed by atoms with E-state index in [1.165, 1.54) is 22.6 Å². The first kappa shape index (κ1) is 14.9. The van der Waals surface area contributed by atoms with Crippen LogP contribution in [0, 0.1) is 3.70 Å². The van der Waals surface area contributed by atoms with Crippen LogP contribution in [0.25, 0.3) is 0 Å². The molecule has 1 heterocycles. The molecule has 0 N–H and O–H groups in total. The third-order valence-electron chi connectivity index (χ3n) is 1.63. The van der Waals surface area contributed by atoms with E-state index in [0.29, 0.717) is 0 Å². The second-order valence-electron chi connectivity index (χ2n) is 2.81. The number of pyridine rings is 1. The number of ether oxygens (including phenoxy) is 1. The van der Waals surface area contributed by atoms with Crippen LogP contribution in [0.3, 0.4) is 0 Å². The standard InChI is InChI=1S/C8H4BrF5INO/c9-2-3-1-4(5(10)11)6(15)16-7(3)17-8(12,13)14/h1,5H,2H2. The molecule has 0 unspecified atom stereocenters. The van der Waals surface area contributed by atoms with Crippen LogP contribution < -0.4 is 4.74 Å². The molecule has 0 fully saturated rings. The van der Waals surface area contributed by atoms with Crippen molar-refractivity contribution >= 4 is 38.5 Å². The van der Waals surface area contributed by atoms with Gasteiger partial charge in [-0.25, -0.2) is 13.8 Å². The van der Waals surface area contributed by atoms with Gasteiger partial charge in [-0.2, -0.15) is 0 Å². The molecule has 9 heteroatoms. The fraction of sp³-hybridized carbons (Fsp3) is 0.375. The van der Waals surface area contributed by atoms with Gasteiger partial charge in [-0.15, -0.1) is 13.2 Å². The van der Waals surface area contributed by atoms with Gasteiger partial charge in [0, 0.05) is 10.9 Å². The molecule has 0 bridgehead atoms. The maximum Gasteiger partial charge on any atom is 0.574 e. The Morgan fingerprint density at radius 1 is 1.41 bits per heavy atom. The second kappa shape index (κ2) is 5.63. The Morgan fingerprint density at radius 2 is 2.00 bits per heavy atom. The van der Waals surface area contributed by atoms with E-state index in [0.717, 1.165) is 6.07 Å². The zero-order valence-electron chi connectivity index (χ0n) is 7.86. The lowest BCUT2D eigenvalue weighted by Gasteiger charge is -2.13. The van der Waals surface area contributed by atoms with E-state index in [-0.39, 0.29) is 14.6 Å². The van der Waals surface area contributed by atoms with Gasteiger partial charge in [0.2, 0.25) is 5.88 Å². The number of halogens is 7. The van der Waals surface area contributed by atoms with E-state index < -0.39 is 24.2 Å². The molecule has 0 amide bonds. The highest BCUT2D eigenvalue weighted by atomic mass is 127. The van der Waals surface area contributed by atoms with E-state index in [4.69, 9.17) is 0 Å². The van der Waals surface area contributed by atoms with Gasteiger partial charge in [-0.05, 0) is 28.7 Å². The third kappa shape index (κ3) is 4.19. The van der Waals surface area contributed by atoms with Crippen molar-refractivity contribution < 1.29 is 26.7 Å². The Bertz CT molecular complexity index is 412. The number of aromatic nitrogens is 1. The second-order valence-corrected chi connectivity index (χ2v) is 4.40. The number of hydrogen-bond donors (Lipinski definition) is 0. The molecule has 0 radical (unpaired) electrons. The zero-order chi connectivity index (χ0) is 13.2. The van der Waals surface area contributed by atoms with Crippen molar-refractivity contribution in [3.8, 4) is 5.88 Å². The van der Waals surface area contributed by atoms with Gasteiger partial charge < -0.3 is 4.74 Å². The molecule has 17 heavy (non-hydrogen) atoms. The molecular weight excluding hydrogens is 428 g/mol. The van der Waals surface area contributed by atoms with Crippen molar-refractivity contribution in [1.82, 2.24) is 4.98 Å². The van der Waals surface area contributed by atoms with E-state index in [2.05, 4.69) is 25.7 Å². The quantitative estimate of drug-likeness (QED) is 0.306. The molecule has 0 atom stereocenters. The Labute approximate surface area is 115 Å². The molecule has 0 aliphatic heterocycles. The lowest BCUT2D eigenvalue weighted by molar-refractivity contribution is -0.276. The summed E-state index contributed by atoms with van der Waals surface area (Å²) in [5.74, 6) is -0.719. The summed E-state index contributed by atoms with van der Waals surface area (Å²) in [5, 5.41) is -0.0674. The first-order chi connectivity index (χ1) is 7.74. The zero-order valence-corrected chi connectivity index (χ0v) is 11.6. The SMILES string of the molecule is FC(F)c1cc(CBr)c(OC(F)(F)F)nc1I. The first-order valence-electron chi connectivity index (χ1n) is 4.03. The fourth-order valence-corrected chi connectivity index (χ4v) is 1.99. The highest BCUT2D eigenvalue weighted by Gasteiger charge is 2.33. The molecule has 0 aliphatic carbocycles. The molecule has 0 spiro atoms. The van der Waals surface area contributed by atoms with Gasteiger partial charge in [0.1, 0.15) is 3.70 Å². The summed E-state index contributed by atoms with van der Waals surface area (Å²) in [6.07, 6.45) is -7.70. The maximum atomic E-state index is 12.5. The largest absolute Gasteiger partial charge is 0.574 e. The Kier molecular flexibility index (Phi) is 4.93. The molecule has 1 aromatic rings. The maximum absolute atomic E-state index is 12.5. The summed E-state index contributed by atoms with van der Waals surface area (Å²) in [7, 11) is 0. The van der Waals surface area contributed by atoms with Crippen molar-refractivity contribution in [3.05, 3.63) is 20.9 Å². The normalized spacial score (nSPS) is 12.0. The summed E-state index contributed by atoms with van der Waals surface area (Å²) in [5.41, 5.74) is -0.507. The van der Waals surface area contributed by atoms with Gasteiger partial charge in [-0.3, -0.25) is 0 Å².